The molecule has 0 spiro atoms. The van der Waals surface area contributed by atoms with Crippen LogP contribution in [0.25, 0.3) is 11.8 Å². The van der Waals surface area contributed by atoms with Crippen molar-refractivity contribution in [2.45, 2.75) is 18.7 Å². The van der Waals surface area contributed by atoms with Gasteiger partial charge in [-0.25, -0.2) is 13.4 Å². The summed E-state index contributed by atoms with van der Waals surface area (Å²) in [6, 6.07) is 7.74. The van der Waals surface area contributed by atoms with Crippen molar-refractivity contribution in [1.82, 2.24) is 23.9 Å². The van der Waals surface area contributed by atoms with Crippen molar-refractivity contribution in [3.63, 3.8) is 0 Å². The summed E-state index contributed by atoms with van der Waals surface area (Å²) in [4.78, 5) is 18.3. The zero-order valence-corrected chi connectivity index (χ0v) is 18.1. The fourth-order valence-electron chi connectivity index (χ4n) is 3.56. The topological polar surface area (TPSA) is 102 Å². The molecular weight excluding hydrogens is 418 g/mol. The van der Waals surface area contributed by atoms with Crippen LogP contribution in [0.3, 0.4) is 0 Å². The Morgan fingerprint density at radius 3 is 2.39 bits per heavy atom. The van der Waals surface area contributed by atoms with Crippen molar-refractivity contribution in [1.29, 1.82) is 0 Å². The fraction of sp³-hybridized carbons (Fsp3) is 0.286. The summed E-state index contributed by atoms with van der Waals surface area (Å²) in [5.41, 5.74) is 2.23. The van der Waals surface area contributed by atoms with Gasteiger partial charge in [-0.2, -0.15) is 4.31 Å². The first-order valence-electron chi connectivity index (χ1n) is 9.84. The van der Waals surface area contributed by atoms with Gasteiger partial charge in [-0.1, -0.05) is 17.3 Å². The van der Waals surface area contributed by atoms with Gasteiger partial charge in [0.25, 0.3) is 0 Å². The Labute approximate surface area is 180 Å². The molecule has 4 rings (SSSR count). The van der Waals surface area contributed by atoms with Crippen LogP contribution in [0.4, 0.5) is 0 Å². The van der Waals surface area contributed by atoms with Crippen molar-refractivity contribution in [2.24, 2.45) is 0 Å². The highest BCUT2D eigenvalue weighted by Gasteiger charge is 2.33. The van der Waals surface area contributed by atoms with Crippen LogP contribution < -0.4 is 0 Å². The lowest BCUT2D eigenvalue weighted by Gasteiger charge is -2.33. The maximum atomic E-state index is 12.9. The minimum atomic E-state index is -3.69. The van der Waals surface area contributed by atoms with Crippen molar-refractivity contribution in [2.75, 3.05) is 26.2 Å². The summed E-state index contributed by atoms with van der Waals surface area (Å²) in [5.74, 6) is 0.131. The van der Waals surface area contributed by atoms with E-state index >= 15 is 0 Å². The number of benzene rings is 1. The van der Waals surface area contributed by atoms with Crippen LogP contribution in [0.1, 0.15) is 17.0 Å². The van der Waals surface area contributed by atoms with E-state index in [0.29, 0.717) is 18.8 Å². The van der Waals surface area contributed by atoms with Crippen LogP contribution in [0, 0.1) is 13.8 Å². The van der Waals surface area contributed by atoms with Crippen molar-refractivity contribution >= 4 is 22.0 Å². The van der Waals surface area contributed by atoms with Gasteiger partial charge in [0.15, 0.2) is 5.76 Å². The smallest absolute Gasteiger partial charge is 0.248 e. The predicted molar refractivity (Wildman–Crippen MR) is 114 cm³/mol. The number of piperazine rings is 1. The molecule has 1 amide bonds. The Morgan fingerprint density at radius 1 is 1.10 bits per heavy atom. The minimum absolute atomic E-state index is 0.117. The van der Waals surface area contributed by atoms with Gasteiger partial charge in [-0.3, -0.25) is 4.79 Å². The van der Waals surface area contributed by atoms with Crippen LogP contribution in [-0.2, 0) is 14.8 Å². The van der Waals surface area contributed by atoms with E-state index in [-0.39, 0.29) is 29.7 Å². The number of rotatable bonds is 5. The number of hydrogen-bond donors (Lipinski definition) is 0. The lowest BCUT2D eigenvalue weighted by atomic mass is 10.2. The molecule has 0 bridgehead atoms. The highest BCUT2D eigenvalue weighted by Crippen LogP contribution is 2.24. The standard InChI is InChI=1S/C21H23N5O4S/c1-16-21(17(2)30-23-16)31(28,29)26-13-11-24(12-14-26)20(27)8-5-18-3-6-19(7-4-18)25-10-9-22-15-25/h3-10,15H,11-14H2,1-2H3. The lowest BCUT2D eigenvalue weighted by molar-refractivity contribution is -0.127. The number of hydrogen-bond acceptors (Lipinski definition) is 6. The van der Waals surface area contributed by atoms with E-state index in [2.05, 4.69) is 10.1 Å². The number of carbonyl (C=O) groups is 1. The predicted octanol–water partition coefficient (Wildman–Crippen LogP) is 2.02. The second kappa shape index (κ2) is 8.48. The monoisotopic (exact) mass is 441 g/mol. The van der Waals surface area contributed by atoms with E-state index in [4.69, 9.17) is 4.52 Å². The molecule has 1 saturated heterocycles. The normalized spacial score (nSPS) is 15.6. The van der Waals surface area contributed by atoms with Gasteiger partial charge in [0.1, 0.15) is 10.6 Å². The molecule has 1 fully saturated rings. The first-order chi connectivity index (χ1) is 14.9. The van der Waals surface area contributed by atoms with Gasteiger partial charge in [0.2, 0.25) is 15.9 Å². The van der Waals surface area contributed by atoms with Crippen LogP contribution in [0.5, 0.6) is 0 Å². The number of sulfonamides is 1. The highest BCUT2D eigenvalue weighted by atomic mass is 32.2. The maximum Gasteiger partial charge on any atom is 0.248 e. The SMILES string of the molecule is Cc1noc(C)c1S(=O)(=O)N1CCN(C(=O)C=Cc2ccc(-n3ccnc3)cc2)CC1. The molecule has 3 heterocycles. The number of carbonyl (C=O) groups excluding carboxylic acids is 1. The molecule has 1 aliphatic heterocycles. The summed E-state index contributed by atoms with van der Waals surface area (Å²) >= 11 is 0. The molecule has 0 radical (unpaired) electrons. The molecule has 0 aliphatic carbocycles. The lowest BCUT2D eigenvalue weighted by Crippen LogP contribution is -2.50. The van der Waals surface area contributed by atoms with Gasteiger partial charge in [0, 0.05) is 50.3 Å². The van der Waals surface area contributed by atoms with E-state index < -0.39 is 10.0 Å². The summed E-state index contributed by atoms with van der Waals surface area (Å²) < 4.78 is 34.1. The van der Waals surface area contributed by atoms with E-state index in [0.717, 1.165) is 11.3 Å². The van der Waals surface area contributed by atoms with Crippen LogP contribution in [-0.4, -0.2) is 64.4 Å². The van der Waals surface area contributed by atoms with E-state index in [1.807, 2.05) is 35.0 Å². The van der Waals surface area contributed by atoms with Gasteiger partial charge in [-0.15, -0.1) is 0 Å². The molecule has 31 heavy (non-hydrogen) atoms. The van der Waals surface area contributed by atoms with Crippen molar-refractivity contribution < 1.29 is 17.7 Å². The Kier molecular flexibility index (Phi) is 5.75. The highest BCUT2D eigenvalue weighted by molar-refractivity contribution is 7.89. The van der Waals surface area contributed by atoms with E-state index in [9.17, 15) is 13.2 Å². The third kappa shape index (κ3) is 4.30. The number of aromatic nitrogens is 3. The van der Waals surface area contributed by atoms with Crippen LogP contribution in [0.15, 0.2) is 58.5 Å². The fourth-order valence-corrected chi connectivity index (χ4v) is 5.28. The summed E-state index contributed by atoms with van der Waals surface area (Å²) in [7, 11) is -3.69. The van der Waals surface area contributed by atoms with Crippen molar-refractivity contribution in [3.8, 4) is 5.69 Å². The molecule has 10 heteroatoms. The third-order valence-electron chi connectivity index (χ3n) is 5.23. The molecular formula is C21H23N5O4S. The van der Waals surface area contributed by atoms with E-state index in [1.54, 1.807) is 37.3 Å². The molecule has 1 aromatic carbocycles. The molecule has 0 saturated carbocycles. The van der Waals surface area contributed by atoms with Crippen molar-refractivity contribution in [3.05, 3.63) is 66.1 Å². The Morgan fingerprint density at radius 2 is 1.81 bits per heavy atom. The Hall–Kier alpha value is -3.24. The molecule has 1 aliphatic rings. The molecule has 0 N–H and O–H groups in total. The van der Waals surface area contributed by atoms with Gasteiger partial charge in [-0.05, 0) is 37.6 Å². The van der Waals surface area contributed by atoms with Crippen LogP contribution in [0.2, 0.25) is 0 Å². The van der Waals surface area contributed by atoms with Gasteiger partial charge >= 0.3 is 0 Å². The first kappa shape index (κ1) is 21.0. The molecule has 3 aromatic rings. The number of nitrogens with zero attached hydrogens (tertiary/aromatic N) is 5. The number of aryl methyl sites for hydroxylation is 2. The molecule has 162 valence electrons. The second-order valence-corrected chi connectivity index (χ2v) is 9.15. The number of amides is 1. The van der Waals surface area contributed by atoms with Crippen LogP contribution >= 0.6 is 0 Å². The Balaban J connectivity index is 1.36. The quantitative estimate of drug-likeness (QED) is 0.562. The molecule has 2 aromatic heterocycles. The summed E-state index contributed by atoms with van der Waals surface area (Å²) in [5, 5.41) is 3.73. The summed E-state index contributed by atoms with van der Waals surface area (Å²) in [6.07, 6.45) is 8.57. The maximum absolute atomic E-state index is 12.9. The largest absolute Gasteiger partial charge is 0.360 e. The van der Waals surface area contributed by atoms with Gasteiger partial charge < -0.3 is 14.0 Å². The third-order valence-corrected chi connectivity index (χ3v) is 7.37. The average molecular weight is 442 g/mol. The minimum Gasteiger partial charge on any atom is -0.360 e. The number of imidazole rings is 1. The summed E-state index contributed by atoms with van der Waals surface area (Å²) in [6.45, 7) is 4.29. The zero-order valence-electron chi connectivity index (χ0n) is 17.3. The average Bonchev–Trinajstić information content (AvgIpc) is 3.42. The first-order valence-corrected chi connectivity index (χ1v) is 11.3. The molecule has 0 atom stereocenters. The van der Waals surface area contributed by atoms with E-state index in [1.165, 1.54) is 10.4 Å². The van der Waals surface area contributed by atoms with Gasteiger partial charge in [0.05, 0.1) is 6.33 Å². The second-order valence-electron chi connectivity index (χ2n) is 7.28. The molecule has 9 nitrogen and oxygen atoms in total. The zero-order chi connectivity index (χ0) is 22.0. The molecule has 0 unspecified atom stereocenters. The Bertz CT molecular complexity index is 1170.